The highest BCUT2D eigenvalue weighted by atomic mass is 32.2. The van der Waals surface area contributed by atoms with Gasteiger partial charge in [0.2, 0.25) is 5.16 Å². The summed E-state index contributed by atoms with van der Waals surface area (Å²) in [4.78, 5) is 11.0. The molecular weight excluding hydrogens is 228 g/mol. The molecule has 1 aromatic rings. The molecule has 0 fully saturated rings. The Bertz CT molecular complexity index is 407. The van der Waals surface area contributed by atoms with Gasteiger partial charge in [-0.15, -0.1) is 16.9 Å². The van der Waals surface area contributed by atoms with E-state index in [1.807, 2.05) is 0 Å². The number of methoxy groups -OCH3 is 1. The van der Waals surface area contributed by atoms with Crippen LogP contribution in [0.15, 0.2) is 5.16 Å². The van der Waals surface area contributed by atoms with E-state index in [-0.39, 0.29) is 12.5 Å². The minimum atomic E-state index is -0.373. The minimum Gasteiger partial charge on any atom is -0.468 e. The van der Waals surface area contributed by atoms with Crippen LogP contribution in [0.4, 0.5) is 0 Å². The largest absolute Gasteiger partial charge is 0.468 e. The minimum absolute atomic E-state index is 0.0330. The molecule has 0 aliphatic heterocycles. The lowest BCUT2D eigenvalue weighted by Crippen LogP contribution is -2.13. The van der Waals surface area contributed by atoms with Crippen LogP contribution in [0.25, 0.3) is 0 Å². The highest BCUT2D eigenvalue weighted by molar-refractivity contribution is 7.99. The zero-order valence-corrected chi connectivity index (χ0v) is 9.95. The van der Waals surface area contributed by atoms with Crippen LogP contribution in [0, 0.1) is 11.8 Å². The van der Waals surface area contributed by atoms with Gasteiger partial charge in [-0.05, 0) is 17.4 Å². The number of carbonyl (C=O) groups excluding carboxylic acids is 1. The number of rotatable bonds is 5. The lowest BCUT2D eigenvalue weighted by Gasteiger charge is -2.01. The standard InChI is InChI=1S/C9H12N4O2S/c1-3-4-5-6-16-9-10-11-12-13(9)7-8(14)15-2/h5-7H2,1-2H3. The number of hydrogen-bond donors (Lipinski definition) is 0. The third-order valence-electron chi connectivity index (χ3n) is 1.64. The molecule has 1 aromatic heterocycles. The Morgan fingerprint density at radius 1 is 1.62 bits per heavy atom. The van der Waals surface area contributed by atoms with E-state index in [1.165, 1.54) is 23.6 Å². The van der Waals surface area contributed by atoms with Crippen LogP contribution in [0.2, 0.25) is 0 Å². The van der Waals surface area contributed by atoms with E-state index in [0.29, 0.717) is 5.16 Å². The Balaban J connectivity index is 2.49. The van der Waals surface area contributed by atoms with Gasteiger partial charge in [0.15, 0.2) is 0 Å². The summed E-state index contributed by atoms with van der Waals surface area (Å²) in [6.07, 6.45) is 0.770. The van der Waals surface area contributed by atoms with Crippen molar-refractivity contribution >= 4 is 17.7 Å². The summed E-state index contributed by atoms with van der Waals surface area (Å²) in [7, 11) is 1.33. The summed E-state index contributed by atoms with van der Waals surface area (Å²) in [6.45, 7) is 1.83. The molecule has 0 aliphatic rings. The average molecular weight is 240 g/mol. The summed E-state index contributed by atoms with van der Waals surface area (Å²) >= 11 is 1.46. The van der Waals surface area contributed by atoms with Gasteiger partial charge < -0.3 is 4.74 Å². The number of carbonyl (C=O) groups is 1. The van der Waals surface area contributed by atoms with E-state index >= 15 is 0 Å². The molecule has 16 heavy (non-hydrogen) atoms. The molecule has 0 atom stereocenters. The Hall–Kier alpha value is -1.55. The molecule has 0 saturated carbocycles. The topological polar surface area (TPSA) is 69.9 Å². The molecule has 0 saturated heterocycles. The number of ether oxygens (including phenoxy) is 1. The van der Waals surface area contributed by atoms with E-state index in [1.54, 1.807) is 6.92 Å². The second-order valence-electron chi connectivity index (χ2n) is 2.72. The normalized spacial score (nSPS) is 9.38. The monoisotopic (exact) mass is 240 g/mol. The van der Waals surface area contributed by atoms with E-state index in [2.05, 4.69) is 32.1 Å². The first-order valence-corrected chi connectivity index (χ1v) is 5.62. The van der Waals surface area contributed by atoms with Crippen LogP contribution in [0.5, 0.6) is 0 Å². The maximum Gasteiger partial charge on any atom is 0.327 e. The molecule has 0 N–H and O–H groups in total. The average Bonchev–Trinajstić information content (AvgIpc) is 2.72. The molecule has 86 valence electrons. The first-order valence-electron chi connectivity index (χ1n) is 4.63. The Morgan fingerprint density at radius 2 is 2.44 bits per heavy atom. The van der Waals surface area contributed by atoms with E-state index in [4.69, 9.17) is 0 Å². The van der Waals surface area contributed by atoms with E-state index in [9.17, 15) is 4.79 Å². The smallest absolute Gasteiger partial charge is 0.327 e. The summed E-state index contributed by atoms with van der Waals surface area (Å²) < 4.78 is 5.95. The highest BCUT2D eigenvalue weighted by Crippen LogP contribution is 2.14. The van der Waals surface area contributed by atoms with Crippen molar-refractivity contribution in [1.29, 1.82) is 0 Å². The summed E-state index contributed by atoms with van der Waals surface area (Å²) in [5, 5.41) is 11.6. The van der Waals surface area contributed by atoms with Crippen molar-refractivity contribution in [3.63, 3.8) is 0 Å². The summed E-state index contributed by atoms with van der Waals surface area (Å²) in [5.74, 6) is 6.17. The first kappa shape index (κ1) is 12.5. The predicted molar refractivity (Wildman–Crippen MR) is 58.6 cm³/mol. The molecule has 0 bridgehead atoms. The van der Waals surface area contributed by atoms with Crippen molar-refractivity contribution in [2.45, 2.75) is 25.0 Å². The van der Waals surface area contributed by atoms with E-state index in [0.717, 1.165) is 12.2 Å². The molecule has 0 unspecified atom stereocenters. The number of nitrogens with zero attached hydrogens (tertiary/aromatic N) is 4. The number of esters is 1. The SMILES string of the molecule is CC#CCCSc1nnnn1CC(=O)OC. The summed E-state index contributed by atoms with van der Waals surface area (Å²) in [5.41, 5.74) is 0. The quantitative estimate of drug-likeness (QED) is 0.320. The van der Waals surface area contributed by atoms with Crippen molar-refractivity contribution in [2.24, 2.45) is 0 Å². The second-order valence-corrected chi connectivity index (χ2v) is 3.78. The number of tetrazole rings is 1. The van der Waals surface area contributed by atoms with Crippen LogP contribution in [-0.2, 0) is 16.1 Å². The van der Waals surface area contributed by atoms with Crippen LogP contribution < -0.4 is 0 Å². The van der Waals surface area contributed by atoms with Crippen molar-refractivity contribution in [1.82, 2.24) is 20.2 Å². The van der Waals surface area contributed by atoms with Crippen LogP contribution in [0.1, 0.15) is 13.3 Å². The van der Waals surface area contributed by atoms with Gasteiger partial charge in [0, 0.05) is 12.2 Å². The third kappa shape index (κ3) is 3.90. The molecule has 0 aromatic carbocycles. The zero-order chi connectivity index (χ0) is 11.8. The van der Waals surface area contributed by atoms with Crippen molar-refractivity contribution in [3.05, 3.63) is 0 Å². The van der Waals surface area contributed by atoms with Gasteiger partial charge in [-0.2, -0.15) is 0 Å². The molecule has 0 spiro atoms. The van der Waals surface area contributed by atoms with Gasteiger partial charge in [0.05, 0.1) is 7.11 Å². The maximum absolute atomic E-state index is 11.0. The van der Waals surface area contributed by atoms with Crippen LogP contribution in [-0.4, -0.2) is 39.0 Å². The third-order valence-corrected chi connectivity index (χ3v) is 2.60. The predicted octanol–water partition coefficient (Wildman–Crippen LogP) is 0.352. The van der Waals surface area contributed by atoms with Gasteiger partial charge in [-0.25, -0.2) is 4.68 Å². The number of thioether (sulfide) groups is 1. The Morgan fingerprint density at radius 3 is 3.12 bits per heavy atom. The first-order chi connectivity index (χ1) is 7.77. The van der Waals surface area contributed by atoms with Gasteiger partial charge in [0.25, 0.3) is 0 Å². The molecule has 0 amide bonds. The van der Waals surface area contributed by atoms with Crippen molar-refractivity contribution in [3.8, 4) is 11.8 Å². The molecule has 7 heteroatoms. The molecule has 0 radical (unpaired) electrons. The van der Waals surface area contributed by atoms with Gasteiger partial charge in [0.1, 0.15) is 6.54 Å². The molecule has 6 nitrogen and oxygen atoms in total. The van der Waals surface area contributed by atoms with Gasteiger partial charge in [-0.3, -0.25) is 4.79 Å². The van der Waals surface area contributed by atoms with Gasteiger partial charge in [-0.1, -0.05) is 11.8 Å². The molecule has 1 rings (SSSR count). The Labute approximate surface area is 97.7 Å². The second kappa shape index (κ2) is 6.85. The fourth-order valence-corrected chi connectivity index (χ4v) is 1.64. The van der Waals surface area contributed by atoms with Crippen LogP contribution >= 0.6 is 11.8 Å². The molecule has 1 heterocycles. The Kier molecular flexibility index (Phi) is 5.36. The fourth-order valence-electron chi connectivity index (χ4n) is 0.904. The van der Waals surface area contributed by atoms with Crippen LogP contribution in [0.3, 0.4) is 0 Å². The molecule has 0 aliphatic carbocycles. The number of aromatic nitrogens is 4. The van der Waals surface area contributed by atoms with E-state index < -0.39 is 0 Å². The highest BCUT2D eigenvalue weighted by Gasteiger charge is 2.10. The summed E-state index contributed by atoms with van der Waals surface area (Å²) in [6, 6.07) is 0. The number of hydrogen-bond acceptors (Lipinski definition) is 6. The van der Waals surface area contributed by atoms with Crippen molar-refractivity contribution in [2.75, 3.05) is 12.9 Å². The fraction of sp³-hybridized carbons (Fsp3) is 0.556. The zero-order valence-electron chi connectivity index (χ0n) is 9.13. The lowest BCUT2D eigenvalue weighted by atomic mass is 10.5. The lowest BCUT2D eigenvalue weighted by molar-refractivity contribution is -0.141. The van der Waals surface area contributed by atoms with Gasteiger partial charge >= 0.3 is 5.97 Å². The van der Waals surface area contributed by atoms with Crippen molar-refractivity contribution < 1.29 is 9.53 Å². The maximum atomic E-state index is 11.0. The molecular formula is C9H12N4O2S.